The maximum atomic E-state index is 12.9. The Morgan fingerprint density at radius 2 is 1.84 bits per heavy atom. The Bertz CT molecular complexity index is 1230. The summed E-state index contributed by atoms with van der Waals surface area (Å²) in [5.74, 6) is 0.715. The first-order chi connectivity index (χ1) is 15.4. The van der Waals surface area contributed by atoms with E-state index in [9.17, 15) is 9.59 Å². The monoisotopic (exact) mass is 430 g/mol. The Labute approximate surface area is 188 Å². The van der Waals surface area contributed by atoms with Gasteiger partial charge in [-0.15, -0.1) is 0 Å². The average molecular weight is 431 g/mol. The van der Waals surface area contributed by atoms with Crippen LogP contribution >= 0.6 is 0 Å². The molecule has 5 nitrogen and oxygen atoms in total. The van der Waals surface area contributed by atoms with Gasteiger partial charge in [-0.1, -0.05) is 52.3 Å². The number of rotatable bonds is 8. The van der Waals surface area contributed by atoms with Crippen LogP contribution in [0.4, 0.5) is 0 Å². The van der Waals surface area contributed by atoms with Crippen LogP contribution < -0.4 is 5.32 Å². The summed E-state index contributed by atoms with van der Waals surface area (Å²) in [5, 5.41) is 5.03. The van der Waals surface area contributed by atoms with Crippen molar-refractivity contribution in [2.24, 2.45) is 11.8 Å². The Morgan fingerprint density at radius 1 is 1.06 bits per heavy atom. The first-order valence-corrected chi connectivity index (χ1v) is 11.3. The molecule has 5 heteroatoms. The number of furan rings is 1. The molecule has 0 unspecified atom stereocenters. The van der Waals surface area contributed by atoms with Gasteiger partial charge in [-0.25, -0.2) is 0 Å². The molecule has 2 heterocycles. The second kappa shape index (κ2) is 9.03. The summed E-state index contributed by atoms with van der Waals surface area (Å²) in [6, 6.07) is 15.6. The average Bonchev–Trinajstić information content (AvgIpc) is 3.40. The number of carbonyl (C=O) groups excluding carboxylic acids is 2. The van der Waals surface area contributed by atoms with Crippen molar-refractivity contribution < 1.29 is 14.0 Å². The van der Waals surface area contributed by atoms with E-state index in [0.29, 0.717) is 0 Å². The zero-order valence-electron chi connectivity index (χ0n) is 19.1. The van der Waals surface area contributed by atoms with Crippen LogP contribution in [-0.4, -0.2) is 22.7 Å². The van der Waals surface area contributed by atoms with E-state index in [1.807, 2.05) is 76.4 Å². The van der Waals surface area contributed by atoms with Crippen molar-refractivity contribution >= 4 is 33.6 Å². The minimum absolute atomic E-state index is 0.0822. The summed E-state index contributed by atoms with van der Waals surface area (Å²) in [5.41, 5.74) is 3.67. The van der Waals surface area contributed by atoms with Crippen molar-refractivity contribution in [3.63, 3.8) is 0 Å². The lowest BCUT2D eigenvalue weighted by Gasteiger charge is -2.24. The molecule has 2 aromatic heterocycles. The van der Waals surface area contributed by atoms with Gasteiger partial charge in [0.2, 0.25) is 5.91 Å². The molecule has 0 aliphatic heterocycles. The lowest BCUT2D eigenvalue weighted by Crippen LogP contribution is -2.47. The lowest BCUT2D eigenvalue weighted by atomic mass is 9.90. The van der Waals surface area contributed by atoms with Crippen molar-refractivity contribution in [3.8, 4) is 11.3 Å². The Balaban J connectivity index is 1.58. The fourth-order valence-corrected chi connectivity index (χ4v) is 4.09. The Hall–Kier alpha value is -3.34. The van der Waals surface area contributed by atoms with E-state index in [0.717, 1.165) is 45.2 Å². The predicted molar refractivity (Wildman–Crippen MR) is 128 cm³/mol. The summed E-state index contributed by atoms with van der Waals surface area (Å²) in [7, 11) is 0. The normalized spacial score (nSPS) is 13.5. The third-order valence-electron chi connectivity index (χ3n) is 6.23. The smallest absolute Gasteiger partial charge is 0.225 e. The number of carbonyl (C=O) groups is 2. The molecule has 4 rings (SSSR count). The van der Waals surface area contributed by atoms with Crippen molar-refractivity contribution in [2.45, 2.75) is 46.6 Å². The molecule has 166 valence electrons. The minimum Gasteiger partial charge on any atom is -0.456 e. The van der Waals surface area contributed by atoms with E-state index in [2.05, 4.69) is 16.4 Å². The van der Waals surface area contributed by atoms with Crippen LogP contribution in [0.5, 0.6) is 0 Å². The van der Waals surface area contributed by atoms with E-state index in [-0.39, 0.29) is 29.9 Å². The number of H-pyrrole nitrogens is 1. The largest absolute Gasteiger partial charge is 0.456 e. The number of aromatic nitrogens is 1. The van der Waals surface area contributed by atoms with Crippen molar-refractivity contribution in [1.82, 2.24) is 10.3 Å². The molecule has 0 saturated heterocycles. The molecule has 0 spiro atoms. The summed E-state index contributed by atoms with van der Waals surface area (Å²) in [6.45, 7) is 7.81. The highest BCUT2D eigenvalue weighted by Crippen LogP contribution is 2.31. The van der Waals surface area contributed by atoms with Crippen LogP contribution in [0.25, 0.3) is 33.2 Å². The molecule has 0 bridgehead atoms. The predicted octanol–water partition coefficient (Wildman–Crippen LogP) is 5.88. The molecular weight excluding hydrogens is 400 g/mol. The van der Waals surface area contributed by atoms with Crippen LogP contribution in [0, 0.1) is 11.8 Å². The lowest BCUT2D eigenvalue weighted by molar-refractivity contribution is -0.130. The van der Waals surface area contributed by atoms with Gasteiger partial charge in [0.1, 0.15) is 11.3 Å². The third-order valence-corrected chi connectivity index (χ3v) is 6.23. The highest BCUT2D eigenvalue weighted by Gasteiger charge is 2.27. The van der Waals surface area contributed by atoms with E-state index < -0.39 is 6.04 Å². The number of amides is 1. The van der Waals surface area contributed by atoms with Gasteiger partial charge in [-0.05, 0) is 41.8 Å². The van der Waals surface area contributed by atoms with Crippen LogP contribution in [0.15, 0.2) is 59.1 Å². The number of para-hydroxylation sites is 1. The molecular formula is C27H30N2O3. The molecule has 2 N–H and O–H groups in total. The summed E-state index contributed by atoms with van der Waals surface area (Å²) in [6.07, 6.45) is 2.91. The third kappa shape index (κ3) is 4.33. The van der Waals surface area contributed by atoms with Crippen LogP contribution in [0.3, 0.4) is 0 Å². The molecule has 0 aliphatic carbocycles. The zero-order valence-corrected chi connectivity index (χ0v) is 19.1. The minimum atomic E-state index is -0.455. The molecule has 0 aliphatic rings. The number of hydrogen-bond donors (Lipinski definition) is 2. The van der Waals surface area contributed by atoms with E-state index in [1.165, 1.54) is 0 Å². The van der Waals surface area contributed by atoms with Gasteiger partial charge in [0, 0.05) is 34.0 Å². The number of aromatic amines is 1. The van der Waals surface area contributed by atoms with Crippen molar-refractivity contribution in [3.05, 3.63) is 60.3 Å². The van der Waals surface area contributed by atoms with Gasteiger partial charge >= 0.3 is 0 Å². The highest BCUT2D eigenvalue weighted by atomic mass is 16.3. The summed E-state index contributed by atoms with van der Waals surface area (Å²) in [4.78, 5) is 28.8. The van der Waals surface area contributed by atoms with E-state index in [1.54, 1.807) is 0 Å². The van der Waals surface area contributed by atoms with E-state index >= 15 is 0 Å². The van der Waals surface area contributed by atoms with Crippen LogP contribution in [0.1, 0.15) is 39.7 Å². The van der Waals surface area contributed by atoms with Crippen LogP contribution in [0.2, 0.25) is 0 Å². The second-order valence-electron chi connectivity index (χ2n) is 8.89. The summed E-state index contributed by atoms with van der Waals surface area (Å²) < 4.78 is 6.01. The molecule has 2 atom stereocenters. The number of benzene rings is 2. The second-order valence-corrected chi connectivity index (χ2v) is 8.89. The number of nitrogens with one attached hydrogen (secondary N) is 2. The maximum absolute atomic E-state index is 12.9. The van der Waals surface area contributed by atoms with Gasteiger partial charge in [0.15, 0.2) is 5.78 Å². The number of hydrogen-bond acceptors (Lipinski definition) is 3. The van der Waals surface area contributed by atoms with Gasteiger partial charge in [0.05, 0.1) is 12.5 Å². The molecule has 0 radical (unpaired) electrons. The number of fused-ring (bicyclic) bond motifs is 2. The number of ketones is 1. The Morgan fingerprint density at radius 3 is 2.56 bits per heavy atom. The van der Waals surface area contributed by atoms with Gasteiger partial charge in [-0.3, -0.25) is 9.59 Å². The standard InChI is InChI=1S/C27H30N2O3/c1-5-17(4)26(27(31)16(2)3)29-25(30)14-20-15-28-22-11-10-19(12-21(20)22)24-13-18-8-6-7-9-23(18)32-24/h6-13,15-17,26,28H,5,14H2,1-4H3,(H,29,30)/t17-,26-/m0/s1. The maximum Gasteiger partial charge on any atom is 0.225 e. The van der Waals surface area contributed by atoms with Gasteiger partial charge in [0.25, 0.3) is 0 Å². The highest BCUT2D eigenvalue weighted by molar-refractivity contribution is 5.94. The first-order valence-electron chi connectivity index (χ1n) is 11.3. The van der Waals surface area contributed by atoms with Crippen LogP contribution in [-0.2, 0) is 16.0 Å². The quantitative estimate of drug-likeness (QED) is 0.366. The van der Waals surface area contributed by atoms with E-state index in [4.69, 9.17) is 4.42 Å². The summed E-state index contributed by atoms with van der Waals surface area (Å²) >= 11 is 0. The van der Waals surface area contributed by atoms with Gasteiger partial charge < -0.3 is 14.7 Å². The zero-order chi connectivity index (χ0) is 22.8. The fourth-order valence-electron chi connectivity index (χ4n) is 4.09. The topological polar surface area (TPSA) is 75.1 Å². The van der Waals surface area contributed by atoms with Gasteiger partial charge in [-0.2, -0.15) is 0 Å². The SMILES string of the molecule is CC[C@H](C)[C@H](NC(=O)Cc1c[nH]c2ccc(-c3cc4ccccc4o3)cc12)C(=O)C(C)C. The molecule has 0 fully saturated rings. The molecule has 32 heavy (non-hydrogen) atoms. The molecule has 4 aromatic rings. The molecule has 0 saturated carbocycles. The molecule has 2 aromatic carbocycles. The Kier molecular flexibility index (Phi) is 6.17. The molecule has 1 amide bonds. The fraction of sp³-hybridized carbons (Fsp3) is 0.333. The van der Waals surface area contributed by atoms with Crippen molar-refractivity contribution in [1.29, 1.82) is 0 Å². The first kappa shape index (κ1) is 21.9. The number of Topliss-reactive ketones (excluding diaryl/α,β-unsaturated/α-hetero) is 1. The van der Waals surface area contributed by atoms with Crippen molar-refractivity contribution in [2.75, 3.05) is 0 Å².